The monoisotopic (exact) mass is 377 g/mol. The highest BCUT2D eigenvalue weighted by Crippen LogP contribution is 2.26. The second-order valence-corrected chi connectivity index (χ2v) is 8.01. The Bertz CT molecular complexity index is 679. The Labute approximate surface area is 160 Å². The molecule has 2 fully saturated rings. The first-order valence-electron chi connectivity index (χ1n) is 9.60. The van der Waals surface area contributed by atoms with Crippen LogP contribution in [0, 0.1) is 5.92 Å². The predicted octanol–water partition coefficient (Wildman–Crippen LogP) is 3.68. The molecule has 1 aromatic rings. The maximum absolute atomic E-state index is 12.8. The highest BCUT2D eigenvalue weighted by Gasteiger charge is 2.27. The van der Waals surface area contributed by atoms with Crippen molar-refractivity contribution in [2.24, 2.45) is 5.92 Å². The smallest absolute Gasteiger partial charge is 0.255 e. The first kappa shape index (κ1) is 19.2. The van der Waals surface area contributed by atoms with E-state index in [1.807, 2.05) is 4.90 Å². The summed E-state index contributed by atoms with van der Waals surface area (Å²) < 4.78 is 0. The number of hydrogen-bond donors (Lipinski definition) is 2. The number of carbonyl (C=O) groups is 2. The van der Waals surface area contributed by atoms with Crippen molar-refractivity contribution in [1.29, 1.82) is 0 Å². The number of hydrogen-bond acceptors (Lipinski definition) is 3. The Morgan fingerprint density at radius 1 is 1.23 bits per heavy atom. The molecule has 3 rings (SSSR count). The van der Waals surface area contributed by atoms with Crippen LogP contribution in [0.5, 0.6) is 0 Å². The minimum Gasteiger partial charge on any atom is -0.336 e. The van der Waals surface area contributed by atoms with Gasteiger partial charge in [0, 0.05) is 30.2 Å². The second-order valence-electron chi connectivity index (χ2n) is 7.60. The summed E-state index contributed by atoms with van der Waals surface area (Å²) in [4.78, 5) is 27.2. The van der Waals surface area contributed by atoms with Gasteiger partial charge in [-0.15, -0.1) is 0 Å². The molecule has 0 spiro atoms. The molecule has 2 amide bonds. The molecule has 142 valence electrons. The van der Waals surface area contributed by atoms with Crippen LogP contribution in [-0.2, 0) is 4.79 Å². The molecule has 1 unspecified atom stereocenters. The lowest BCUT2D eigenvalue weighted by Gasteiger charge is -2.33. The quantitative estimate of drug-likeness (QED) is 0.844. The van der Waals surface area contributed by atoms with Crippen molar-refractivity contribution in [2.75, 3.05) is 18.4 Å². The van der Waals surface area contributed by atoms with E-state index in [1.165, 1.54) is 6.42 Å². The number of nitrogens with zero attached hydrogens (tertiary/aromatic N) is 1. The van der Waals surface area contributed by atoms with Crippen LogP contribution in [0.3, 0.4) is 0 Å². The van der Waals surface area contributed by atoms with Crippen molar-refractivity contribution >= 4 is 29.1 Å². The summed E-state index contributed by atoms with van der Waals surface area (Å²) in [5, 5.41) is 6.70. The van der Waals surface area contributed by atoms with Crippen LogP contribution in [0.15, 0.2) is 18.2 Å². The van der Waals surface area contributed by atoms with Crippen LogP contribution in [0.1, 0.15) is 56.3 Å². The molecule has 2 saturated heterocycles. The first-order chi connectivity index (χ1) is 12.5. The van der Waals surface area contributed by atoms with Gasteiger partial charge in [0.1, 0.15) is 0 Å². The van der Waals surface area contributed by atoms with E-state index in [0.29, 0.717) is 22.3 Å². The van der Waals surface area contributed by atoms with E-state index in [9.17, 15) is 9.59 Å². The summed E-state index contributed by atoms with van der Waals surface area (Å²) in [5.74, 6) is 0.0194. The normalized spacial score (nSPS) is 26.4. The van der Waals surface area contributed by atoms with Crippen LogP contribution >= 0.6 is 11.6 Å². The number of nitrogens with one attached hydrogen (secondary N) is 2. The maximum atomic E-state index is 12.8. The summed E-state index contributed by atoms with van der Waals surface area (Å²) in [6, 6.07) is 5.79. The third-order valence-corrected chi connectivity index (χ3v) is 5.84. The van der Waals surface area contributed by atoms with E-state index >= 15 is 0 Å². The molecule has 1 aromatic carbocycles. The van der Waals surface area contributed by atoms with Gasteiger partial charge in [-0.05, 0) is 70.7 Å². The fraction of sp³-hybridized carbons (Fsp3) is 0.600. The average molecular weight is 378 g/mol. The number of likely N-dealkylation sites (tertiary alicyclic amines) is 1. The number of rotatable bonds is 3. The van der Waals surface area contributed by atoms with Gasteiger partial charge in [0.25, 0.3) is 5.91 Å². The SMILES string of the molecule is CC1CCCCN1C(=O)c1ccc(NC(=O)[C@H]2CCN[C@@H](C)C2)cc1Cl. The topological polar surface area (TPSA) is 61.4 Å². The predicted molar refractivity (Wildman–Crippen MR) is 105 cm³/mol. The largest absolute Gasteiger partial charge is 0.336 e. The zero-order chi connectivity index (χ0) is 18.7. The first-order valence-corrected chi connectivity index (χ1v) is 9.98. The second kappa shape index (κ2) is 8.40. The molecule has 2 heterocycles. The van der Waals surface area contributed by atoms with Crippen molar-refractivity contribution < 1.29 is 9.59 Å². The molecule has 0 aliphatic carbocycles. The van der Waals surface area contributed by atoms with Crippen LogP contribution in [0.4, 0.5) is 5.69 Å². The summed E-state index contributed by atoms with van der Waals surface area (Å²) >= 11 is 6.37. The molecule has 5 nitrogen and oxygen atoms in total. The Hall–Kier alpha value is -1.59. The van der Waals surface area contributed by atoms with Gasteiger partial charge in [-0.1, -0.05) is 11.6 Å². The molecule has 0 aromatic heterocycles. The minimum absolute atomic E-state index is 0.0144. The Balaban J connectivity index is 1.67. The zero-order valence-electron chi connectivity index (χ0n) is 15.6. The maximum Gasteiger partial charge on any atom is 0.255 e. The van der Waals surface area contributed by atoms with Gasteiger partial charge in [-0.2, -0.15) is 0 Å². The molecule has 6 heteroatoms. The summed E-state index contributed by atoms with van der Waals surface area (Å²) in [6.45, 7) is 5.82. The molecule has 26 heavy (non-hydrogen) atoms. The van der Waals surface area contributed by atoms with Crippen LogP contribution in [0.2, 0.25) is 5.02 Å². The number of carbonyl (C=O) groups excluding carboxylic acids is 2. The lowest BCUT2D eigenvalue weighted by molar-refractivity contribution is -0.120. The van der Waals surface area contributed by atoms with Gasteiger partial charge in [0.2, 0.25) is 5.91 Å². The summed E-state index contributed by atoms with van der Waals surface area (Å²) in [6.07, 6.45) is 4.91. The van der Waals surface area contributed by atoms with Gasteiger partial charge < -0.3 is 15.5 Å². The van der Waals surface area contributed by atoms with Gasteiger partial charge in [-0.3, -0.25) is 9.59 Å². The van der Waals surface area contributed by atoms with Crippen molar-refractivity contribution in [2.45, 2.75) is 58.0 Å². The number of anilines is 1. The van der Waals surface area contributed by atoms with E-state index in [1.54, 1.807) is 18.2 Å². The van der Waals surface area contributed by atoms with Crippen molar-refractivity contribution in [3.63, 3.8) is 0 Å². The Morgan fingerprint density at radius 2 is 2.04 bits per heavy atom. The fourth-order valence-electron chi connectivity index (χ4n) is 3.94. The molecule has 3 atom stereocenters. The minimum atomic E-state index is -0.0211. The third kappa shape index (κ3) is 4.38. The number of benzene rings is 1. The van der Waals surface area contributed by atoms with Gasteiger partial charge in [-0.25, -0.2) is 0 Å². The Kier molecular flexibility index (Phi) is 6.20. The van der Waals surface area contributed by atoms with Gasteiger partial charge in [0.05, 0.1) is 10.6 Å². The summed E-state index contributed by atoms with van der Waals surface area (Å²) in [7, 11) is 0. The van der Waals surface area contributed by atoms with Crippen molar-refractivity contribution in [3.8, 4) is 0 Å². The molecule has 2 aliphatic heterocycles. The standard InChI is InChI=1S/C20H28ClN3O2/c1-13-11-15(8-9-22-13)19(25)23-16-6-7-17(18(21)12-16)20(26)24-10-4-3-5-14(24)2/h6-7,12-15,22H,3-5,8-11H2,1-2H3,(H,23,25)/t13-,14?,15-/m0/s1. The number of halogens is 1. The fourth-order valence-corrected chi connectivity index (χ4v) is 4.20. The molecule has 2 N–H and O–H groups in total. The van der Waals surface area contributed by atoms with E-state index in [-0.39, 0.29) is 23.8 Å². The van der Waals surface area contributed by atoms with E-state index in [2.05, 4.69) is 24.5 Å². The highest BCUT2D eigenvalue weighted by molar-refractivity contribution is 6.34. The lowest BCUT2D eigenvalue weighted by atomic mass is 9.92. The van der Waals surface area contributed by atoms with E-state index < -0.39 is 0 Å². The number of piperidine rings is 2. The molecule has 0 radical (unpaired) electrons. The molecule has 0 saturated carbocycles. The van der Waals surface area contributed by atoms with Gasteiger partial charge >= 0.3 is 0 Å². The van der Waals surface area contributed by atoms with Crippen molar-refractivity contribution in [3.05, 3.63) is 28.8 Å². The highest BCUT2D eigenvalue weighted by atomic mass is 35.5. The molecule has 2 aliphatic rings. The van der Waals surface area contributed by atoms with Crippen LogP contribution in [-0.4, -0.2) is 41.9 Å². The average Bonchev–Trinajstić information content (AvgIpc) is 2.62. The molecule has 0 bridgehead atoms. The molecular weight excluding hydrogens is 350 g/mol. The van der Waals surface area contributed by atoms with Crippen molar-refractivity contribution in [1.82, 2.24) is 10.2 Å². The third-order valence-electron chi connectivity index (χ3n) is 5.53. The van der Waals surface area contributed by atoms with E-state index in [4.69, 9.17) is 11.6 Å². The Morgan fingerprint density at radius 3 is 2.73 bits per heavy atom. The zero-order valence-corrected chi connectivity index (χ0v) is 16.3. The summed E-state index contributed by atoms with van der Waals surface area (Å²) in [5.41, 5.74) is 1.16. The molecular formula is C20H28ClN3O2. The van der Waals surface area contributed by atoms with Gasteiger partial charge in [0.15, 0.2) is 0 Å². The van der Waals surface area contributed by atoms with Crippen LogP contribution in [0.25, 0.3) is 0 Å². The van der Waals surface area contributed by atoms with Crippen LogP contribution < -0.4 is 10.6 Å². The number of amides is 2. The van der Waals surface area contributed by atoms with E-state index in [0.717, 1.165) is 38.8 Å². The lowest BCUT2D eigenvalue weighted by Crippen LogP contribution is -2.42.